The van der Waals surface area contributed by atoms with Gasteiger partial charge in [-0.05, 0) is 73.3 Å². The predicted molar refractivity (Wildman–Crippen MR) is 172 cm³/mol. The molecule has 242 valence electrons. The third-order valence-electron chi connectivity index (χ3n) is 10.0. The Morgan fingerprint density at radius 1 is 0.909 bits per heavy atom. The number of halogens is 1. The number of hydrogen-bond acceptors (Lipinski definition) is 5. The molecule has 1 aromatic heterocycles. The maximum atomic E-state index is 12.5. The Kier molecular flexibility index (Phi) is 11.6. The Bertz CT molecular complexity index is 1390. The highest BCUT2D eigenvalue weighted by atomic mass is 35.5. The summed E-state index contributed by atoms with van der Waals surface area (Å²) in [5.41, 5.74) is 6.85. The van der Waals surface area contributed by atoms with Gasteiger partial charge >= 0.3 is 11.9 Å². The van der Waals surface area contributed by atoms with Gasteiger partial charge in [0.25, 0.3) is 0 Å². The van der Waals surface area contributed by atoms with Crippen LogP contribution in [0.4, 0.5) is 0 Å². The number of carboxylic acids is 2. The second-order valence-corrected chi connectivity index (χ2v) is 12.5. The van der Waals surface area contributed by atoms with Gasteiger partial charge in [0.15, 0.2) is 0 Å². The summed E-state index contributed by atoms with van der Waals surface area (Å²) in [6.07, 6.45) is 5.30. The van der Waals surface area contributed by atoms with Crippen molar-refractivity contribution < 1.29 is 29.4 Å². The Labute approximate surface area is 265 Å². The highest BCUT2D eigenvalue weighted by molar-refractivity contribution is 6.06. The van der Waals surface area contributed by atoms with Crippen LogP contribution in [0.2, 0.25) is 0 Å². The normalized spacial score (nSPS) is 27.4. The molecule has 2 fully saturated rings. The van der Waals surface area contributed by atoms with Crippen LogP contribution in [0, 0.1) is 30.6 Å². The summed E-state index contributed by atoms with van der Waals surface area (Å²) in [5, 5.41) is 25.2. The Hall–Kier alpha value is -3.40. The average molecular weight is 631 g/mol. The van der Waals surface area contributed by atoms with Crippen molar-refractivity contribution in [3.05, 3.63) is 39.4 Å². The standard InChI is InChI=1S/C33H46N4O6.ClH/c1-7-20-19(6)32(42)37-27(20)14-25-18(5)23(10-12-31(40)41)29(35-25)15-28-22(9-11-30(38)39)17(4)24(34-28)13-26-16(3)21(8-2)33(43)36-26;/h15-16,19-21,26-27,35H,7-14H2,1-6H3,(H,36,43)(H,37,42)(H,38,39)(H,40,41);1H/b28-15-;/t16-,19-,20-,21-,26+,27+;/m1./s1. The van der Waals surface area contributed by atoms with E-state index < -0.39 is 11.9 Å². The number of aromatic nitrogens is 1. The van der Waals surface area contributed by atoms with Gasteiger partial charge in [-0.1, -0.05) is 34.1 Å². The zero-order valence-corrected chi connectivity index (χ0v) is 27.4. The Morgan fingerprint density at radius 2 is 1.55 bits per heavy atom. The molecule has 0 unspecified atom stereocenters. The van der Waals surface area contributed by atoms with E-state index in [1.165, 1.54) is 0 Å². The summed E-state index contributed by atoms with van der Waals surface area (Å²) >= 11 is 0. The van der Waals surface area contributed by atoms with Crippen LogP contribution < -0.4 is 10.6 Å². The SMILES string of the molecule is CC[C@H]1[C@H](Cc2[nH]c(/C=C3\N=C(C[C@@H]4NC(=O)[C@H](CC)[C@H]4C)C(C)=C3CCC(=O)O)c(CCC(=O)O)c2C)NC(=O)[C@@H]1C.Cl. The highest BCUT2D eigenvalue weighted by Crippen LogP contribution is 2.37. The van der Waals surface area contributed by atoms with Crippen LogP contribution in [-0.4, -0.2) is 56.7 Å². The molecule has 1 aromatic rings. The molecule has 4 heterocycles. The first-order chi connectivity index (χ1) is 20.4. The van der Waals surface area contributed by atoms with Gasteiger partial charge in [-0.15, -0.1) is 12.4 Å². The third-order valence-corrected chi connectivity index (χ3v) is 10.0. The summed E-state index contributed by atoms with van der Waals surface area (Å²) < 4.78 is 0. The molecule has 3 aliphatic heterocycles. The molecule has 6 atom stereocenters. The number of aromatic amines is 1. The van der Waals surface area contributed by atoms with Crippen LogP contribution in [0.25, 0.3) is 6.08 Å². The van der Waals surface area contributed by atoms with E-state index in [-0.39, 0.29) is 72.8 Å². The number of aliphatic imine (C=N–C) groups is 1. The summed E-state index contributed by atoms with van der Waals surface area (Å²) in [7, 11) is 0. The number of nitrogens with one attached hydrogen (secondary N) is 3. The molecule has 3 aliphatic rings. The lowest BCUT2D eigenvalue weighted by Gasteiger charge is -2.19. The molecular formula is C33H47ClN4O6. The molecule has 0 aliphatic carbocycles. The molecule has 44 heavy (non-hydrogen) atoms. The van der Waals surface area contributed by atoms with Gasteiger partial charge in [0.05, 0.1) is 5.70 Å². The number of carboxylic acid groups (broad SMARTS) is 2. The smallest absolute Gasteiger partial charge is 0.303 e. The van der Waals surface area contributed by atoms with E-state index in [0.29, 0.717) is 31.4 Å². The molecule has 0 spiro atoms. The maximum absolute atomic E-state index is 12.5. The van der Waals surface area contributed by atoms with Crippen LogP contribution in [0.5, 0.6) is 0 Å². The number of H-pyrrole nitrogens is 1. The topological polar surface area (TPSA) is 161 Å². The van der Waals surface area contributed by atoms with E-state index >= 15 is 0 Å². The Morgan fingerprint density at radius 3 is 2.14 bits per heavy atom. The van der Waals surface area contributed by atoms with Crippen molar-refractivity contribution in [2.24, 2.45) is 28.7 Å². The minimum Gasteiger partial charge on any atom is -0.481 e. The van der Waals surface area contributed by atoms with Crippen LogP contribution in [0.3, 0.4) is 0 Å². The van der Waals surface area contributed by atoms with Gasteiger partial charge in [-0.25, -0.2) is 0 Å². The third kappa shape index (κ3) is 7.28. The van der Waals surface area contributed by atoms with Crippen molar-refractivity contribution in [2.45, 2.75) is 105 Å². The first-order valence-corrected chi connectivity index (χ1v) is 15.6. The summed E-state index contributed by atoms with van der Waals surface area (Å²) in [6.45, 7) is 12.1. The van der Waals surface area contributed by atoms with Crippen molar-refractivity contribution >= 4 is 47.9 Å². The van der Waals surface area contributed by atoms with Crippen molar-refractivity contribution in [1.29, 1.82) is 0 Å². The molecule has 0 bridgehead atoms. The quantitative estimate of drug-likeness (QED) is 0.206. The van der Waals surface area contributed by atoms with E-state index in [1.54, 1.807) is 0 Å². The van der Waals surface area contributed by atoms with Crippen LogP contribution in [-0.2, 0) is 32.0 Å². The van der Waals surface area contributed by atoms with E-state index in [0.717, 1.165) is 52.2 Å². The van der Waals surface area contributed by atoms with Gasteiger partial charge in [0, 0.05) is 66.7 Å². The summed E-state index contributed by atoms with van der Waals surface area (Å²) in [6, 6.07) is -0.0650. The molecule has 2 amide bonds. The molecule has 5 N–H and O–H groups in total. The molecule has 11 heteroatoms. The molecular weight excluding hydrogens is 584 g/mol. The van der Waals surface area contributed by atoms with Crippen molar-refractivity contribution in [2.75, 3.05) is 0 Å². The lowest BCUT2D eigenvalue weighted by Crippen LogP contribution is -2.31. The molecule has 10 nitrogen and oxygen atoms in total. The summed E-state index contributed by atoms with van der Waals surface area (Å²) in [5.74, 6) is -1.38. The number of aliphatic carboxylic acids is 2. The van der Waals surface area contributed by atoms with Crippen LogP contribution >= 0.6 is 12.4 Å². The molecule has 4 rings (SSSR count). The van der Waals surface area contributed by atoms with Gasteiger partial charge in [-0.2, -0.15) is 0 Å². The monoisotopic (exact) mass is 630 g/mol. The minimum absolute atomic E-state index is 0. The molecule has 0 radical (unpaired) electrons. The lowest BCUT2D eigenvalue weighted by molar-refractivity contribution is -0.138. The molecule has 0 aromatic carbocycles. The number of carbonyl (C=O) groups excluding carboxylic acids is 2. The lowest BCUT2D eigenvalue weighted by atomic mass is 9.87. The second kappa shape index (κ2) is 14.6. The number of allylic oxidation sites excluding steroid dienone is 2. The largest absolute Gasteiger partial charge is 0.481 e. The van der Waals surface area contributed by atoms with Crippen molar-refractivity contribution in [3.63, 3.8) is 0 Å². The van der Waals surface area contributed by atoms with Gasteiger partial charge in [0.1, 0.15) is 0 Å². The van der Waals surface area contributed by atoms with E-state index in [1.807, 2.05) is 33.8 Å². The molecule has 0 saturated carbocycles. The zero-order valence-electron chi connectivity index (χ0n) is 26.6. The van der Waals surface area contributed by atoms with E-state index in [9.17, 15) is 29.4 Å². The average Bonchev–Trinajstić information content (AvgIpc) is 3.59. The van der Waals surface area contributed by atoms with Crippen molar-refractivity contribution in [3.8, 4) is 0 Å². The minimum atomic E-state index is -0.894. The number of amides is 2. The number of nitrogens with zero attached hydrogens (tertiary/aromatic N) is 1. The fraction of sp³-hybridized carbons (Fsp3) is 0.606. The van der Waals surface area contributed by atoms with Crippen LogP contribution in [0.1, 0.15) is 95.7 Å². The van der Waals surface area contributed by atoms with Crippen LogP contribution in [0.15, 0.2) is 21.8 Å². The number of carbonyl (C=O) groups is 4. The first-order valence-electron chi connectivity index (χ1n) is 15.6. The predicted octanol–water partition coefficient (Wildman–Crippen LogP) is 4.99. The number of rotatable bonds is 13. The number of hydrogen-bond donors (Lipinski definition) is 5. The molecule has 2 saturated heterocycles. The Balaban J connectivity index is 0.00000529. The van der Waals surface area contributed by atoms with Gasteiger partial charge in [0.2, 0.25) is 11.8 Å². The fourth-order valence-electron chi connectivity index (χ4n) is 7.23. The zero-order chi connectivity index (χ0) is 31.6. The first kappa shape index (κ1) is 35.1. The van der Waals surface area contributed by atoms with Crippen molar-refractivity contribution in [1.82, 2.24) is 15.6 Å². The fourth-order valence-corrected chi connectivity index (χ4v) is 7.23. The van der Waals surface area contributed by atoms with Gasteiger partial charge < -0.3 is 25.8 Å². The van der Waals surface area contributed by atoms with E-state index in [4.69, 9.17) is 4.99 Å². The summed E-state index contributed by atoms with van der Waals surface area (Å²) in [4.78, 5) is 56.5. The van der Waals surface area contributed by atoms with E-state index in [2.05, 4.69) is 29.5 Å². The maximum Gasteiger partial charge on any atom is 0.303 e. The highest BCUT2D eigenvalue weighted by Gasteiger charge is 2.40. The second-order valence-electron chi connectivity index (χ2n) is 12.5. The van der Waals surface area contributed by atoms with Gasteiger partial charge in [-0.3, -0.25) is 24.2 Å².